The molecule has 3 rings (SSSR count). The maximum atomic E-state index is 13.0. The van der Waals surface area contributed by atoms with Crippen molar-refractivity contribution in [3.63, 3.8) is 0 Å². The molecule has 1 aromatic carbocycles. The van der Waals surface area contributed by atoms with E-state index in [1.807, 2.05) is 25.1 Å². The summed E-state index contributed by atoms with van der Waals surface area (Å²) in [6, 6.07) is 9.10. The van der Waals surface area contributed by atoms with E-state index < -0.39 is 0 Å². The molecule has 2 aromatic heterocycles. The van der Waals surface area contributed by atoms with Gasteiger partial charge in [-0.25, -0.2) is 0 Å². The summed E-state index contributed by atoms with van der Waals surface area (Å²) in [6.45, 7) is 3.06. The van der Waals surface area contributed by atoms with Crippen LogP contribution in [0.1, 0.15) is 21.9 Å². The van der Waals surface area contributed by atoms with Crippen LogP contribution in [0.15, 0.2) is 45.4 Å². The number of ether oxygens (including phenoxy) is 1. The van der Waals surface area contributed by atoms with Gasteiger partial charge < -0.3 is 18.5 Å². The molecule has 0 spiro atoms. The lowest BCUT2D eigenvalue weighted by Crippen LogP contribution is -2.33. The lowest BCUT2D eigenvalue weighted by atomic mass is 10.1. The average molecular weight is 348 g/mol. The maximum absolute atomic E-state index is 13.0. The Bertz CT molecular complexity index is 838. The Labute approximate surface area is 144 Å². The van der Waals surface area contributed by atoms with Crippen LogP contribution >= 0.6 is 11.6 Å². The molecule has 0 fully saturated rings. The Hall–Kier alpha value is -2.24. The minimum atomic E-state index is -0.215. The number of aryl methyl sites for hydroxylation is 1. The van der Waals surface area contributed by atoms with Gasteiger partial charge in [-0.3, -0.25) is 4.79 Å². The van der Waals surface area contributed by atoms with E-state index in [9.17, 15) is 4.79 Å². The highest BCUT2D eigenvalue weighted by atomic mass is 35.5. The summed E-state index contributed by atoms with van der Waals surface area (Å²) in [7, 11) is 1.60. The summed E-state index contributed by atoms with van der Waals surface area (Å²) in [5.41, 5.74) is 1.31. The summed E-state index contributed by atoms with van der Waals surface area (Å²) in [5.74, 6) is 0.778. The van der Waals surface area contributed by atoms with E-state index >= 15 is 0 Å². The molecule has 3 aromatic rings. The third-order valence-electron chi connectivity index (χ3n) is 3.89. The molecule has 0 saturated heterocycles. The number of nitrogens with zero attached hydrogens (tertiary/aromatic N) is 1. The van der Waals surface area contributed by atoms with Gasteiger partial charge in [-0.2, -0.15) is 0 Å². The van der Waals surface area contributed by atoms with Crippen molar-refractivity contribution in [3.8, 4) is 0 Å². The Morgan fingerprint density at radius 3 is 2.79 bits per heavy atom. The van der Waals surface area contributed by atoms with E-state index in [-0.39, 0.29) is 5.91 Å². The van der Waals surface area contributed by atoms with Gasteiger partial charge in [0.2, 0.25) is 0 Å². The Morgan fingerprint density at radius 1 is 1.29 bits per heavy atom. The molecule has 6 heteroatoms. The molecular weight excluding hydrogens is 330 g/mol. The lowest BCUT2D eigenvalue weighted by molar-refractivity contribution is 0.0637. The minimum absolute atomic E-state index is 0.215. The van der Waals surface area contributed by atoms with Crippen molar-refractivity contribution in [2.45, 2.75) is 13.5 Å². The van der Waals surface area contributed by atoms with Crippen molar-refractivity contribution in [1.82, 2.24) is 4.90 Å². The van der Waals surface area contributed by atoms with Crippen LogP contribution in [0.5, 0.6) is 0 Å². The van der Waals surface area contributed by atoms with Gasteiger partial charge in [0.1, 0.15) is 5.76 Å². The second kappa shape index (κ2) is 7.11. The van der Waals surface area contributed by atoms with Gasteiger partial charge in [0.25, 0.3) is 5.91 Å². The van der Waals surface area contributed by atoms with E-state index in [0.29, 0.717) is 41.8 Å². The Kier molecular flexibility index (Phi) is 4.92. The van der Waals surface area contributed by atoms with Gasteiger partial charge in [-0.15, -0.1) is 0 Å². The highest BCUT2D eigenvalue weighted by Crippen LogP contribution is 2.31. The average Bonchev–Trinajstić information content (AvgIpc) is 3.20. The molecule has 0 aliphatic carbocycles. The number of para-hydroxylation sites is 1. The quantitative estimate of drug-likeness (QED) is 0.668. The van der Waals surface area contributed by atoms with Crippen LogP contribution in [-0.2, 0) is 11.3 Å². The zero-order chi connectivity index (χ0) is 17.1. The van der Waals surface area contributed by atoms with Crippen LogP contribution < -0.4 is 0 Å². The number of hydrogen-bond acceptors (Lipinski definition) is 4. The van der Waals surface area contributed by atoms with Crippen LogP contribution in [0.2, 0.25) is 5.02 Å². The van der Waals surface area contributed by atoms with Crippen molar-refractivity contribution in [2.24, 2.45) is 0 Å². The van der Waals surface area contributed by atoms with Gasteiger partial charge in [-0.1, -0.05) is 23.7 Å². The summed E-state index contributed by atoms with van der Waals surface area (Å²) in [4.78, 5) is 14.6. The topological polar surface area (TPSA) is 55.8 Å². The number of rotatable bonds is 6. The molecule has 0 unspecified atom stereocenters. The number of furan rings is 2. The van der Waals surface area contributed by atoms with Gasteiger partial charge in [0.15, 0.2) is 11.3 Å². The first-order valence-electron chi connectivity index (χ1n) is 7.60. The molecule has 0 radical (unpaired) electrons. The zero-order valence-corrected chi connectivity index (χ0v) is 14.3. The molecule has 24 heavy (non-hydrogen) atoms. The summed E-state index contributed by atoms with van der Waals surface area (Å²) in [5, 5.41) is 1.33. The highest BCUT2D eigenvalue weighted by Gasteiger charge is 2.24. The van der Waals surface area contributed by atoms with Crippen LogP contribution in [0.3, 0.4) is 0 Å². The summed E-state index contributed by atoms with van der Waals surface area (Å²) < 4.78 is 16.2. The fraction of sp³-hybridized carbons (Fsp3) is 0.278. The highest BCUT2D eigenvalue weighted by molar-refractivity contribution is 6.35. The maximum Gasteiger partial charge on any atom is 0.290 e. The standard InChI is InChI=1S/C18H18ClNO4/c1-12-14-6-3-7-15(19)17(14)24-16(12)18(21)20(8-10-22-2)11-13-5-4-9-23-13/h3-7,9H,8,10-11H2,1-2H3. The molecule has 0 atom stereocenters. The minimum Gasteiger partial charge on any atom is -0.467 e. The van der Waals surface area contributed by atoms with E-state index in [1.54, 1.807) is 30.4 Å². The van der Waals surface area contributed by atoms with Crippen molar-refractivity contribution in [3.05, 3.63) is 58.7 Å². The molecule has 0 aliphatic rings. The molecule has 2 heterocycles. The van der Waals surface area contributed by atoms with E-state index in [2.05, 4.69) is 0 Å². The molecule has 0 bridgehead atoms. The number of amides is 1. The number of hydrogen-bond donors (Lipinski definition) is 0. The zero-order valence-electron chi connectivity index (χ0n) is 13.5. The molecule has 5 nitrogen and oxygen atoms in total. The number of halogens is 1. The van der Waals surface area contributed by atoms with Crippen LogP contribution in [0.25, 0.3) is 11.0 Å². The van der Waals surface area contributed by atoms with Gasteiger partial charge in [0.05, 0.1) is 24.4 Å². The van der Waals surface area contributed by atoms with Gasteiger partial charge in [0, 0.05) is 24.6 Å². The van der Waals surface area contributed by atoms with Crippen molar-refractivity contribution < 1.29 is 18.4 Å². The summed E-state index contributed by atoms with van der Waals surface area (Å²) >= 11 is 6.17. The number of methoxy groups -OCH3 is 1. The Balaban J connectivity index is 1.94. The Morgan fingerprint density at radius 2 is 2.12 bits per heavy atom. The number of fused-ring (bicyclic) bond motifs is 1. The second-order valence-corrected chi connectivity index (χ2v) is 5.88. The van der Waals surface area contributed by atoms with Crippen LogP contribution in [0.4, 0.5) is 0 Å². The SMILES string of the molecule is COCCN(Cc1ccco1)C(=O)c1oc2c(Cl)cccc2c1C. The largest absolute Gasteiger partial charge is 0.467 e. The molecule has 0 saturated carbocycles. The van der Waals surface area contributed by atoms with Gasteiger partial charge in [-0.05, 0) is 25.1 Å². The lowest BCUT2D eigenvalue weighted by Gasteiger charge is -2.20. The smallest absolute Gasteiger partial charge is 0.290 e. The third-order valence-corrected chi connectivity index (χ3v) is 4.19. The van der Waals surface area contributed by atoms with E-state index in [1.165, 1.54) is 0 Å². The molecule has 126 valence electrons. The number of benzene rings is 1. The number of carbonyl (C=O) groups excluding carboxylic acids is 1. The van der Waals surface area contributed by atoms with Crippen molar-refractivity contribution in [2.75, 3.05) is 20.3 Å². The van der Waals surface area contributed by atoms with E-state index in [4.69, 9.17) is 25.2 Å². The molecule has 1 amide bonds. The third kappa shape index (κ3) is 3.18. The van der Waals surface area contributed by atoms with Gasteiger partial charge >= 0.3 is 0 Å². The fourth-order valence-electron chi connectivity index (χ4n) is 2.60. The van der Waals surface area contributed by atoms with E-state index in [0.717, 1.165) is 10.9 Å². The second-order valence-electron chi connectivity index (χ2n) is 5.47. The molecule has 0 aliphatic heterocycles. The predicted octanol–water partition coefficient (Wildman–Crippen LogP) is 4.28. The normalized spacial score (nSPS) is 11.1. The van der Waals surface area contributed by atoms with Crippen LogP contribution in [0, 0.1) is 6.92 Å². The monoisotopic (exact) mass is 347 g/mol. The first-order chi connectivity index (χ1) is 11.6. The number of carbonyl (C=O) groups is 1. The first-order valence-corrected chi connectivity index (χ1v) is 7.98. The first kappa shape index (κ1) is 16.6. The molecule has 0 N–H and O–H groups in total. The predicted molar refractivity (Wildman–Crippen MR) is 91.3 cm³/mol. The van der Waals surface area contributed by atoms with Crippen molar-refractivity contribution >= 4 is 28.5 Å². The molecular formula is C18H18ClNO4. The summed E-state index contributed by atoms with van der Waals surface area (Å²) in [6.07, 6.45) is 1.58. The van der Waals surface area contributed by atoms with Crippen LogP contribution in [-0.4, -0.2) is 31.1 Å². The fourth-order valence-corrected chi connectivity index (χ4v) is 2.81. The van der Waals surface area contributed by atoms with Crippen molar-refractivity contribution in [1.29, 1.82) is 0 Å².